The molecule has 3 heterocycles. The normalized spacial score (nSPS) is 18.4. The van der Waals surface area contributed by atoms with E-state index < -0.39 is 0 Å². The van der Waals surface area contributed by atoms with Crippen LogP contribution in [0.15, 0.2) is 29.3 Å². The second-order valence-electron chi connectivity index (χ2n) is 5.92. The molecule has 2 aromatic carbocycles. The van der Waals surface area contributed by atoms with Crippen molar-refractivity contribution < 1.29 is 0 Å². The maximum absolute atomic E-state index is 4.63. The van der Waals surface area contributed by atoms with Gasteiger partial charge in [0.1, 0.15) is 0 Å². The molecule has 0 aromatic heterocycles. The lowest BCUT2D eigenvalue weighted by atomic mass is 10.0. The molecule has 0 unspecified atom stereocenters. The molecule has 3 aliphatic rings. The number of nitrogens with zero attached hydrogens (tertiary/aromatic N) is 1. The summed E-state index contributed by atoms with van der Waals surface area (Å²) >= 11 is 0. The van der Waals surface area contributed by atoms with Crippen molar-refractivity contribution in [1.29, 1.82) is 0 Å². The summed E-state index contributed by atoms with van der Waals surface area (Å²) in [6.07, 6.45) is 4.76. The minimum Gasteiger partial charge on any atom is -0.384 e. The number of anilines is 1. The van der Waals surface area contributed by atoms with Crippen LogP contribution in [-0.2, 0) is 12.8 Å². The molecule has 0 saturated carbocycles. The zero-order valence-electron chi connectivity index (χ0n) is 11.4. The van der Waals surface area contributed by atoms with Crippen LogP contribution < -0.4 is 26.3 Å². The first-order valence-electron chi connectivity index (χ1n) is 7.46. The van der Waals surface area contributed by atoms with Crippen molar-refractivity contribution >= 4 is 31.7 Å². The third kappa shape index (κ3) is 1.36. The van der Waals surface area contributed by atoms with Gasteiger partial charge in [-0.2, -0.15) is 0 Å². The maximum atomic E-state index is 4.63. The Morgan fingerprint density at radius 3 is 3.00 bits per heavy atom. The Kier molecular flexibility index (Phi) is 2.08. The van der Waals surface area contributed by atoms with E-state index in [2.05, 4.69) is 40.7 Å². The molecule has 0 radical (unpaired) electrons. The largest absolute Gasteiger partial charge is 0.384 e. The molecule has 3 aliphatic heterocycles. The molecule has 0 fully saturated rings. The lowest BCUT2D eigenvalue weighted by Crippen LogP contribution is -2.48. The summed E-state index contributed by atoms with van der Waals surface area (Å²) in [5, 5.41) is 9.59. The molecule has 2 nitrogen and oxygen atoms in total. The first-order valence-corrected chi connectivity index (χ1v) is 8.87. The van der Waals surface area contributed by atoms with Gasteiger partial charge in [0.05, 0.1) is 14.9 Å². The summed E-state index contributed by atoms with van der Waals surface area (Å²) in [6.45, 7) is 2.09. The van der Waals surface area contributed by atoms with E-state index in [0.29, 0.717) is 0 Å². The lowest BCUT2D eigenvalue weighted by molar-refractivity contribution is 1.03. The minimum atomic E-state index is -0.369. The summed E-state index contributed by atoms with van der Waals surface area (Å²) < 4.78 is 0. The van der Waals surface area contributed by atoms with E-state index >= 15 is 0 Å². The van der Waals surface area contributed by atoms with E-state index in [9.17, 15) is 0 Å². The SMILES string of the molecule is C1=c2ccc3c(c2[SiH2]c2c1ccc1c2CCN1)CCN=3. The van der Waals surface area contributed by atoms with Crippen molar-refractivity contribution in [2.75, 3.05) is 18.4 Å². The van der Waals surface area contributed by atoms with Gasteiger partial charge in [-0.05, 0) is 63.3 Å². The van der Waals surface area contributed by atoms with Gasteiger partial charge < -0.3 is 5.32 Å². The van der Waals surface area contributed by atoms with Gasteiger partial charge in [0.25, 0.3) is 0 Å². The number of benzene rings is 2. The second-order valence-corrected chi connectivity index (χ2v) is 7.69. The van der Waals surface area contributed by atoms with E-state index in [1.807, 2.05) is 0 Å². The van der Waals surface area contributed by atoms with Gasteiger partial charge in [-0.25, -0.2) is 0 Å². The number of hydrogen-bond acceptors (Lipinski definition) is 2. The number of rotatable bonds is 0. The Hall–Kier alpha value is -1.87. The molecular weight excluding hydrogens is 260 g/mol. The topological polar surface area (TPSA) is 24.4 Å². The van der Waals surface area contributed by atoms with Crippen molar-refractivity contribution in [3.05, 3.63) is 51.5 Å². The highest BCUT2D eigenvalue weighted by Crippen LogP contribution is 2.22. The standard InChI is InChI=1S/C17H16N2Si/c1-3-14-12(5-7-18-14)16-10(1)9-11-2-4-15-13(6-8-19-15)17(11)20-16/h1-4,9,18H,5-8,20H2. The van der Waals surface area contributed by atoms with Crippen molar-refractivity contribution in [1.82, 2.24) is 0 Å². The molecule has 0 aliphatic carbocycles. The quantitative estimate of drug-likeness (QED) is 0.528. The van der Waals surface area contributed by atoms with Gasteiger partial charge in [-0.15, -0.1) is 0 Å². The van der Waals surface area contributed by atoms with E-state index in [1.165, 1.54) is 28.2 Å². The predicted molar refractivity (Wildman–Crippen MR) is 85.8 cm³/mol. The highest BCUT2D eigenvalue weighted by atomic mass is 28.2. The van der Waals surface area contributed by atoms with Crippen LogP contribution in [0.4, 0.5) is 5.69 Å². The number of nitrogens with one attached hydrogen (secondary N) is 1. The Morgan fingerprint density at radius 2 is 2.00 bits per heavy atom. The second kappa shape index (κ2) is 3.82. The van der Waals surface area contributed by atoms with Gasteiger partial charge in [0.2, 0.25) is 0 Å². The van der Waals surface area contributed by atoms with Gasteiger partial charge >= 0.3 is 0 Å². The molecule has 0 atom stereocenters. The third-order valence-electron chi connectivity index (χ3n) is 4.91. The molecule has 20 heavy (non-hydrogen) atoms. The average molecular weight is 276 g/mol. The van der Waals surface area contributed by atoms with Crippen LogP contribution in [0.25, 0.3) is 6.08 Å². The molecule has 3 heteroatoms. The molecule has 98 valence electrons. The first-order chi connectivity index (χ1) is 9.90. The molecule has 0 spiro atoms. The average Bonchev–Trinajstić information content (AvgIpc) is 3.13. The van der Waals surface area contributed by atoms with E-state index in [1.54, 1.807) is 21.5 Å². The monoisotopic (exact) mass is 276 g/mol. The Bertz CT molecular complexity index is 868. The van der Waals surface area contributed by atoms with Crippen LogP contribution in [0.5, 0.6) is 0 Å². The van der Waals surface area contributed by atoms with Crippen molar-refractivity contribution in [2.45, 2.75) is 12.8 Å². The Balaban J connectivity index is 1.81. The van der Waals surface area contributed by atoms with Crippen LogP contribution in [-0.4, -0.2) is 22.6 Å². The minimum absolute atomic E-state index is 0.369. The molecule has 0 bridgehead atoms. The fourth-order valence-electron chi connectivity index (χ4n) is 3.93. The van der Waals surface area contributed by atoms with Crippen LogP contribution in [0, 0.1) is 0 Å². The van der Waals surface area contributed by atoms with E-state index in [4.69, 9.17) is 0 Å². The maximum Gasteiger partial charge on any atom is 0.0900 e. The van der Waals surface area contributed by atoms with E-state index in [-0.39, 0.29) is 9.52 Å². The van der Waals surface area contributed by atoms with Crippen LogP contribution in [0.2, 0.25) is 0 Å². The molecule has 0 saturated heterocycles. The van der Waals surface area contributed by atoms with Gasteiger partial charge in [0.15, 0.2) is 0 Å². The molecule has 2 aromatic rings. The first kappa shape index (κ1) is 10.9. The summed E-state index contributed by atoms with van der Waals surface area (Å²) in [4.78, 5) is 4.63. The Morgan fingerprint density at radius 1 is 1.00 bits per heavy atom. The summed E-state index contributed by atoms with van der Waals surface area (Å²) in [5.41, 5.74) is 6.01. The van der Waals surface area contributed by atoms with E-state index in [0.717, 1.165) is 19.5 Å². The van der Waals surface area contributed by atoms with Crippen molar-refractivity contribution in [3.8, 4) is 0 Å². The van der Waals surface area contributed by atoms with Crippen molar-refractivity contribution in [2.24, 2.45) is 4.99 Å². The summed E-state index contributed by atoms with van der Waals surface area (Å²) in [7, 11) is -0.369. The molecular formula is C17H16N2Si. The summed E-state index contributed by atoms with van der Waals surface area (Å²) in [5.74, 6) is 0. The molecule has 1 N–H and O–H groups in total. The third-order valence-corrected chi connectivity index (χ3v) is 7.29. The highest BCUT2D eigenvalue weighted by molar-refractivity contribution is 6.70. The lowest BCUT2D eigenvalue weighted by Gasteiger charge is -2.18. The number of hydrogen-bond donors (Lipinski definition) is 1. The zero-order valence-corrected chi connectivity index (χ0v) is 12.8. The van der Waals surface area contributed by atoms with Gasteiger partial charge in [-0.1, -0.05) is 12.1 Å². The zero-order chi connectivity index (χ0) is 13.1. The number of fused-ring (bicyclic) bond motifs is 6. The van der Waals surface area contributed by atoms with Crippen LogP contribution >= 0.6 is 0 Å². The molecule has 0 amide bonds. The van der Waals surface area contributed by atoms with Gasteiger partial charge in [-0.3, -0.25) is 4.99 Å². The molecule has 5 rings (SSSR count). The Labute approximate surface area is 120 Å². The fraction of sp³-hybridized carbons (Fsp3) is 0.235. The van der Waals surface area contributed by atoms with Crippen LogP contribution in [0.3, 0.4) is 0 Å². The highest BCUT2D eigenvalue weighted by Gasteiger charge is 2.22. The van der Waals surface area contributed by atoms with Crippen molar-refractivity contribution in [3.63, 3.8) is 0 Å². The van der Waals surface area contributed by atoms with Gasteiger partial charge in [0, 0.05) is 18.8 Å². The predicted octanol–water partition coefficient (Wildman–Crippen LogP) is -0.908. The summed E-state index contributed by atoms with van der Waals surface area (Å²) in [6, 6.07) is 9.07. The van der Waals surface area contributed by atoms with Crippen LogP contribution in [0.1, 0.15) is 16.7 Å². The fourth-order valence-corrected chi connectivity index (χ4v) is 6.28. The smallest absolute Gasteiger partial charge is 0.0900 e.